The van der Waals surface area contributed by atoms with Gasteiger partial charge in [0.2, 0.25) is 6.04 Å². The number of piperidine rings is 1. The standard InChI is InChI=1S/C35H38F5N3O7S/c36-34(37,25-11-13-29(14-12-25)49-28-9-5-2-6-10-28)31(32(44)42-21-19-26(41)20-22-42)43(50-33(45)35(38,39)40)51(46,47)30-17-15-27(16-18-30)48-23-24-7-3-1-4-8-24/h2,5-6,9-18,24,26,31H,1,3-4,7-8,19-23,41H2/t31-/m1/s1. The number of rotatable bonds is 12. The summed E-state index contributed by atoms with van der Waals surface area (Å²) in [4.78, 5) is 30.5. The summed E-state index contributed by atoms with van der Waals surface area (Å²) >= 11 is 0. The van der Waals surface area contributed by atoms with Gasteiger partial charge in [0.25, 0.3) is 15.9 Å². The third-order valence-corrected chi connectivity index (χ3v) is 10.5. The van der Waals surface area contributed by atoms with Crippen LogP contribution in [0.1, 0.15) is 50.5 Å². The first-order valence-corrected chi connectivity index (χ1v) is 17.9. The van der Waals surface area contributed by atoms with E-state index < -0.39 is 61.0 Å². The van der Waals surface area contributed by atoms with E-state index in [9.17, 15) is 31.2 Å². The van der Waals surface area contributed by atoms with Gasteiger partial charge in [0.1, 0.15) is 17.2 Å². The van der Waals surface area contributed by atoms with E-state index in [2.05, 4.69) is 4.84 Å². The number of carbonyl (C=O) groups is 2. The van der Waals surface area contributed by atoms with Gasteiger partial charge in [-0.15, -0.1) is 0 Å². The fourth-order valence-electron chi connectivity index (χ4n) is 5.95. The van der Waals surface area contributed by atoms with E-state index >= 15 is 8.78 Å². The summed E-state index contributed by atoms with van der Waals surface area (Å²) < 4.78 is 113. The van der Waals surface area contributed by atoms with Crippen molar-refractivity contribution in [1.29, 1.82) is 0 Å². The second kappa shape index (κ2) is 15.9. The molecule has 1 aliphatic carbocycles. The number of benzene rings is 3. The molecule has 1 saturated heterocycles. The maximum absolute atomic E-state index is 16.7. The quantitative estimate of drug-likeness (QED) is 0.164. The number of para-hydroxylation sites is 1. The van der Waals surface area contributed by atoms with E-state index in [0.29, 0.717) is 12.4 Å². The van der Waals surface area contributed by atoms with Crippen LogP contribution in [0.15, 0.2) is 83.8 Å². The van der Waals surface area contributed by atoms with Crippen LogP contribution in [0.3, 0.4) is 0 Å². The second-order valence-corrected chi connectivity index (χ2v) is 14.3. The van der Waals surface area contributed by atoms with Crippen molar-refractivity contribution in [3.8, 4) is 17.2 Å². The highest BCUT2D eigenvalue weighted by molar-refractivity contribution is 7.89. The third kappa shape index (κ3) is 9.34. The van der Waals surface area contributed by atoms with Crippen LogP contribution in [-0.2, 0) is 30.4 Å². The predicted octanol–water partition coefficient (Wildman–Crippen LogP) is 6.56. The van der Waals surface area contributed by atoms with E-state index in [0.717, 1.165) is 73.4 Å². The molecule has 1 amide bonds. The zero-order chi connectivity index (χ0) is 36.8. The van der Waals surface area contributed by atoms with Crippen molar-refractivity contribution in [1.82, 2.24) is 9.37 Å². The zero-order valence-corrected chi connectivity index (χ0v) is 28.3. The van der Waals surface area contributed by atoms with Gasteiger partial charge in [0, 0.05) is 24.7 Å². The number of amides is 1. The Kier molecular flexibility index (Phi) is 11.9. The number of hydroxylamine groups is 1. The fourth-order valence-corrected chi connectivity index (χ4v) is 7.31. The highest BCUT2D eigenvalue weighted by atomic mass is 32.2. The Morgan fingerprint density at radius 2 is 1.37 bits per heavy atom. The molecule has 10 nitrogen and oxygen atoms in total. The summed E-state index contributed by atoms with van der Waals surface area (Å²) in [7, 11) is -5.58. The molecular weight excluding hydrogens is 701 g/mol. The summed E-state index contributed by atoms with van der Waals surface area (Å²) in [6.07, 6.45) is -0.374. The molecule has 1 aliphatic heterocycles. The average molecular weight is 740 g/mol. The molecular formula is C35H38F5N3O7S. The number of hydrogen-bond acceptors (Lipinski definition) is 8. The Balaban J connectivity index is 1.52. The second-order valence-electron chi connectivity index (χ2n) is 12.6. The smallest absolute Gasteiger partial charge is 0.492 e. The van der Waals surface area contributed by atoms with E-state index in [1.165, 1.54) is 12.1 Å². The van der Waals surface area contributed by atoms with Crippen LogP contribution in [0.25, 0.3) is 0 Å². The molecule has 0 bridgehead atoms. The summed E-state index contributed by atoms with van der Waals surface area (Å²) in [6.45, 7) is -0.0615. The molecule has 2 aliphatic rings. The Bertz CT molecular complexity index is 1730. The van der Waals surface area contributed by atoms with Crippen LogP contribution >= 0.6 is 0 Å². The predicted molar refractivity (Wildman–Crippen MR) is 174 cm³/mol. The number of nitrogens with zero attached hydrogens (tertiary/aromatic N) is 2. The van der Waals surface area contributed by atoms with E-state index in [4.69, 9.17) is 15.2 Å². The molecule has 1 saturated carbocycles. The molecule has 3 aromatic rings. The largest absolute Gasteiger partial charge is 0.493 e. The maximum Gasteiger partial charge on any atom is 0.492 e. The normalized spacial score (nSPS) is 17.2. The number of likely N-dealkylation sites (tertiary alicyclic amines) is 1. The summed E-state index contributed by atoms with van der Waals surface area (Å²) in [5.74, 6) is -8.32. The zero-order valence-electron chi connectivity index (χ0n) is 27.4. The minimum atomic E-state index is -5.82. The number of carbonyl (C=O) groups excluding carboxylic acids is 2. The maximum atomic E-state index is 16.7. The number of sulfonamides is 1. The molecule has 51 heavy (non-hydrogen) atoms. The van der Waals surface area contributed by atoms with Gasteiger partial charge in [-0.05, 0) is 96.7 Å². The van der Waals surface area contributed by atoms with Crippen molar-refractivity contribution in [2.75, 3.05) is 19.7 Å². The van der Waals surface area contributed by atoms with Crippen molar-refractivity contribution < 1.29 is 54.3 Å². The van der Waals surface area contributed by atoms with Crippen molar-refractivity contribution in [2.45, 2.75) is 74.0 Å². The van der Waals surface area contributed by atoms with Crippen molar-refractivity contribution in [3.05, 3.63) is 84.4 Å². The third-order valence-electron chi connectivity index (χ3n) is 8.83. The summed E-state index contributed by atoms with van der Waals surface area (Å²) in [6, 6.07) is 12.7. The minimum absolute atomic E-state index is 0.0902. The first kappa shape index (κ1) is 38.0. The van der Waals surface area contributed by atoms with Gasteiger partial charge in [-0.1, -0.05) is 37.5 Å². The molecule has 1 atom stereocenters. The van der Waals surface area contributed by atoms with Gasteiger partial charge in [-0.2, -0.15) is 22.0 Å². The Hall–Kier alpha value is -4.28. The number of ether oxygens (including phenoxy) is 2. The lowest BCUT2D eigenvalue weighted by Gasteiger charge is -2.38. The minimum Gasteiger partial charge on any atom is -0.493 e. The molecule has 1 heterocycles. The van der Waals surface area contributed by atoms with Gasteiger partial charge < -0.3 is 24.9 Å². The highest BCUT2D eigenvalue weighted by Crippen LogP contribution is 2.40. The van der Waals surface area contributed by atoms with E-state index in [1.54, 1.807) is 30.3 Å². The van der Waals surface area contributed by atoms with Crippen LogP contribution in [-0.4, -0.2) is 67.6 Å². The SMILES string of the molecule is NC1CCN(C(=O)[C@@H](N(OC(=O)C(F)(F)F)S(=O)(=O)c2ccc(OCC3CCCCC3)cc2)C(F)(F)c2ccc(Oc3ccccc3)cc2)CC1. The summed E-state index contributed by atoms with van der Waals surface area (Å²) in [5.41, 5.74) is 4.94. The van der Waals surface area contributed by atoms with Crippen LogP contribution in [0.4, 0.5) is 22.0 Å². The van der Waals surface area contributed by atoms with E-state index in [-0.39, 0.29) is 43.3 Å². The lowest BCUT2D eigenvalue weighted by Crippen LogP contribution is -2.60. The fraction of sp³-hybridized carbons (Fsp3) is 0.429. The van der Waals surface area contributed by atoms with Gasteiger partial charge in [0.05, 0.1) is 11.5 Å². The molecule has 0 unspecified atom stereocenters. The monoisotopic (exact) mass is 739 g/mol. The molecule has 0 radical (unpaired) electrons. The Morgan fingerprint density at radius 1 is 0.804 bits per heavy atom. The highest BCUT2D eigenvalue weighted by Gasteiger charge is 2.58. The molecule has 2 N–H and O–H groups in total. The molecule has 0 aromatic heterocycles. The first-order chi connectivity index (χ1) is 24.2. The summed E-state index contributed by atoms with van der Waals surface area (Å²) in [5, 5.41) is 0. The molecule has 16 heteroatoms. The Morgan fingerprint density at radius 3 is 1.96 bits per heavy atom. The van der Waals surface area contributed by atoms with Crippen molar-refractivity contribution >= 4 is 21.9 Å². The number of halogens is 5. The van der Waals surface area contributed by atoms with Crippen LogP contribution in [0.2, 0.25) is 0 Å². The van der Waals surface area contributed by atoms with Gasteiger partial charge in [0.15, 0.2) is 0 Å². The van der Waals surface area contributed by atoms with Crippen LogP contribution < -0.4 is 15.2 Å². The van der Waals surface area contributed by atoms with Gasteiger partial charge in [-0.25, -0.2) is 13.2 Å². The lowest BCUT2D eigenvalue weighted by molar-refractivity contribution is -0.239. The van der Waals surface area contributed by atoms with Crippen molar-refractivity contribution in [3.63, 3.8) is 0 Å². The Labute approximate surface area is 292 Å². The molecule has 5 rings (SSSR count). The van der Waals surface area contributed by atoms with Gasteiger partial charge >= 0.3 is 18.1 Å². The van der Waals surface area contributed by atoms with Gasteiger partial charge in [-0.3, -0.25) is 4.79 Å². The number of nitrogens with two attached hydrogens (primary N) is 1. The molecule has 3 aromatic carbocycles. The first-order valence-electron chi connectivity index (χ1n) is 16.5. The molecule has 2 fully saturated rings. The van der Waals surface area contributed by atoms with Crippen LogP contribution in [0.5, 0.6) is 17.2 Å². The lowest BCUT2D eigenvalue weighted by atomic mass is 9.90. The molecule has 276 valence electrons. The number of hydrogen-bond donors (Lipinski definition) is 1. The topological polar surface area (TPSA) is 128 Å². The number of alkyl halides is 5. The van der Waals surface area contributed by atoms with Crippen LogP contribution in [0, 0.1) is 5.92 Å². The average Bonchev–Trinajstić information content (AvgIpc) is 3.11. The molecule has 0 spiro atoms. The van der Waals surface area contributed by atoms with Crippen molar-refractivity contribution in [2.24, 2.45) is 11.7 Å². The van der Waals surface area contributed by atoms with E-state index in [1.807, 2.05) is 0 Å².